The van der Waals surface area contributed by atoms with E-state index < -0.39 is 0 Å². The molecule has 3 nitrogen and oxygen atoms in total. The number of nitrogens with zero attached hydrogens (tertiary/aromatic N) is 1. The van der Waals surface area contributed by atoms with E-state index in [4.69, 9.17) is 4.74 Å². The van der Waals surface area contributed by atoms with Crippen molar-refractivity contribution in [2.75, 3.05) is 19.7 Å². The predicted octanol–water partition coefficient (Wildman–Crippen LogP) is 2.88. The summed E-state index contributed by atoms with van der Waals surface area (Å²) in [5.41, 5.74) is 1.31. The molecule has 1 aliphatic rings. The van der Waals surface area contributed by atoms with Crippen LogP contribution in [0.5, 0.6) is 0 Å². The number of benzene rings is 1. The van der Waals surface area contributed by atoms with Gasteiger partial charge in [0.1, 0.15) is 0 Å². The van der Waals surface area contributed by atoms with E-state index in [-0.39, 0.29) is 24.3 Å². The Morgan fingerprint density at radius 1 is 1.37 bits per heavy atom. The van der Waals surface area contributed by atoms with Gasteiger partial charge in [0.25, 0.3) is 0 Å². The summed E-state index contributed by atoms with van der Waals surface area (Å²) in [5, 5.41) is 0. The van der Waals surface area contributed by atoms with Crippen molar-refractivity contribution in [2.24, 2.45) is 5.92 Å². The molecule has 4 heteroatoms. The third-order valence-electron chi connectivity index (χ3n) is 3.37. The van der Waals surface area contributed by atoms with E-state index in [1.165, 1.54) is 5.56 Å². The molecule has 0 saturated carbocycles. The van der Waals surface area contributed by atoms with Gasteiger partial charge < -0.3 is 4.74 Å². The number of rotatable bonds is 4. The zero-order valence-electron chi connectivity index (χ0n) is 11.4. The topological polar surface area (TPSA) is 29.5 Å². The Kier molecular flexibility index (Phi) is 6.89. The van der Waals surface area contributed by atoms with E-state index in [2.05, 4.69) is 29.2 Å². The number of likely N-dealkylation sites (tertiary alicyclic amines) is 1. The lowest BCUT2D eigenvalue weighted by molar-refractivity contribution is -0.150. The minimum atomic E-state index is -0.0322. The molecular formula is C15H22ClNO2. The van der Waals surface area contributed by atoms with Crippen molar-refractivity contribution in [3.8, 4) is 0 Å². The van der Waals surface area contributed by atoms with Crippen LogP contribution in [0.3, 0.4) is 0 Å². The highest BCUT2D eigenvalue weighted by Gasteiger charge is 2.26. The van der Waals surface area contributed by atoms with E-state index in [9.17, 15) is 4.79 Å². The quantitative estimate of drug-likeness (QED) is 0.796. The summed E-state index contributed by atoms with van der Waals surface area (Å²) in [6, 6.07) is 10.4. The van der Waals surface area contributed by atoms with Gasteiger partial charge in [-0.3, -0.25) is 9.69 Å². The van der Waals surface area contributed by atoms with Gasteiger partial charge in [0.2, 0.25) is 0 Å². The highest BCUT2D eigenvalue weighted by molar-refractivity contribution is 5.85. The molecule has 1 unspecified atom stereocenters. The molecule has 1 saturated heterocycles. The number of halogens is 1. The maximum atomic E-state index is 11.7. The van der Waals surface area contributed by atoms with Crippen molar-refractivity contribution >= 4 is 18.4 Å². The van der Waals surface area contributed by atoms with Crippen LogP contribution in [0.4, 0.5) is 0 Å². The first-order chi connectivity index (χ1) is 8.79. The molecule has 1 aromatic rings. The van der Waals surface area contributed by atoms with E-state index in [0.717, 1.165) is 32.5 Å². The number of piperidine rings is 1. The van der Waals surface area contributed by atoms with E-state index in [1.54, 1.807) is 0 Å². The Morgan fingerprint density at radius 2 is 2.11 bits per heavy atom. The molecule has 1 atom stereocenters. The number of ether oxygens (including phenoxy) is 1. The first-order valence-electron chi connectivity index (χ1n) is 6.72. The normalized spacial score (nSPS) is 19.5. The van der Waals surface area contributed by atoms with E-state index in [0.29, 0.717) is 6.61 Å². The van der Waals surface area contributed by atoms with Crippen LogP contribution in [0, 0.1) is 5.92 Å². The van der Waals surface area contributed by atoms with Gasteiger partial charge in [-0.2, -0.15) is 0 Å². The Labute approximate surface area is 121 Å². The second kappa shape index (κ2) is 8.18. The van der Waals surface area contributed by atoms with Crippen molar-refractivity contribution in [3.05, 3.63) is 35.9 Å². The summed E-state index contributed by atoms with van der Waals surface area (Å²) in [7, 11) is 0. The largest absolute Gasteiger partial charge is 0.466 e. The molecule has 0 spiro atoms. The maximum absolute atomic E-state index is 11.7. The lowest BCUT2D eigenvalue weighted by Crippen LogP contribution is -2.38. The molecule has 0 aromatic heterocycles. The van der Waals surface area contributed by atoms with Crippen LogP contribution in [-0.4, -0.2) is 30.6 Å². The number of carbonyl (C=O) groups is 1. The third kappa shape index (κ3) is 4.84. The summed E-state index contributed by atoms with van der Waals surface area (Å²) >= 11 is 0. The number of hydrogen-bond acceptors (Lipinski definition) is 3. The van der Waals surface area contributed by atoms with Gasteiger partial charge in [-0.15, -0.1) is 12.4 Å². The second-order valence-electron chi connectivity index (χ2n) is 4.81. The van der Waals surface area contributed by atoms with Crippen LogP contribution in [0.1, 0.15) is 25.3 Å². The minimum absolute atomic E-state index is 0. The van der Waals surface area contributed by atoms with Gasteiger partial charge in [-0.1, -0.05) is 30.3 Å². The zero-order valence-corrected chi connectivity index (χ0v) is 12.2. The van der Waals surface area contributed by atoms with Crippen molar-refractivity contribution in [1.29, 1.82) is 0 Å². The number of carbonyl (C=O) groups excluding carboxylic acids is 1. The predicted molar refractivity (Wildman–Crippen MR) is 78.3 cm³/mol. The van der Waals surface area contributed by atoms with Gasteiger partial charge in [0.15, 0.2) is 0 Å². The van der Waals surface area contributed by atoms with Gasteiger partial charge in [-0.25, -0.2) is 0 Å². The fraction of sp³-hybridized carbons (Fsp3) is 0.533. The van der Waals surface area contributed by atoms with Crippen LogP contribution >= 0.6 is 12.4 Å². The molecule has 1 aliphatic heterocycles. The lowest BCUT2D eigenvalue weighted by atomic mass is 9.98. The fourth-order valence-corrected chi connectivity index (χ4v) is 2.49. The second-order valence-corrected chi connectivity index (χ2v) is 4.81. The Hall–Kier alpha value is -1.06. The van der Waals surface area contributed by atoms with Crippen molar-refractivity contribution in [1.82, 2.24) is 4.90 Å². The number of esters is 1. The molecule has 0 aliphatic carbocycles. The highest BCUT2D eigenvalue weighted by atomic mass is 35.5. The third-order valence-corrected chi connectivity index (χ3v) is 3.37. The zero-order chi connectivity index (χ0) is 12.8. The summed E-state index contributed by atoms with van der Waals surface area (Å²) < 4.78 is 5.11. The SMILES string of the molecule is CCOC(=O)C1CCCN(Cc2ccccc2)C1.Cl. The molecule has 106 valence electrons. The maximum Gasteiger partial charge on any atom is 0.310 e. The summed E-state index contributed by atoms with van der Waals surface area (Å²) in [6.07, 6.45) is 2.04. The lowest BCUT2D eigenvalue weighted by Gasteiger charge is -2.31. The van der Waals surface area contributed by atoms with Crippen molar-refractivity contribution in [2.45, 2.75) is 26.3 Å². The average Bonchev–Trinajstić information content (AvgIpc) is 2.40. The van der Waals surface area contributed by atoms with Crippen LogP contribution in [0.15, 0.2) is 30.3 Å². The van der Waals surface area contributed by atoms with Crippen LogP contribution in [0.25, 0.3) is 0 Å². The molecule has 19 heavy (non-hydrogen) atoms. The Bertz CT molecular complexity index is 383. The minimum Gasteiger partial charge on any atom is -0.466 e. The van der Waals surface area contributed by atoms with Crippen LogP contribution < -0.4 is 0 Å². The monoisotopic (exact) mass is 283 g/mol. The summed E-state index contributed by atoms with van der Waals surface area (Å²) in [6.45, 7) is 5.17. The Balaban J connectivity index is 0.00000180. The molecule has 1 aromatic carbocycles. The average molecular weight is 284 g/mol. The first kappa shape index (κ1) is 16.0. The molecule has 2 rings (SSSR count). The van der Waals surface area contributed by atoms with E-state index in [1.807, 2.05) is 13.0 Å². The molecular weight excluding hydrogens is 262 g/mol. The van der Waals surface area contributed by atoms with Gasteiger partial charge in [0, 0.05) is 13.1 Å². The molecule has 0 radical (unpaired) electrons. The van der Waals surface area contributed by atoms with E-state index >= 15 is 0 Å². The fourth-order valence-electron chi connectivity index (χ4n) is 2.49. The molecule has 0 amide bonds. The first-order valence-corrected chi connectivity index (χ1v) is 6.72. The van der Waals surface area contributed by atoms with Gasteiger partial charge >= 0.3 is 5.97 Å². The summed E-state index contributed by atoms with van der Waals surface area (Å²) in [5.74, 6) is 0.0256. The standard InChI is InChI=1S/C15H21NO2.ClH/c1-2-18-15(17)14-9-6-10-16(12-14)11-13-7-4-3-5-8-13;/h3-5,7-8,14H,2,6,9-12H2,1H3;1H. The molecule has 0 N–H and O–H groups in total. The molecule has 1 fully saturated rings. The van der Waals surface area contributed by atoms with Crippen LogP contribution in [0.2, 0.25) is 0 Å². The van der Waals surface area contributed by atoms with Crippen LogP contribution in [-0.2, 0) is 16.1 Å². The summed E-state index contributed by atoms with van der Waals surface area (Å²) in [4.78, 5) is 14.1. The van der Waals surface area contributed by atoms with Gasteiger partial charge in [0.05, 0.1) is 12.5 Å². The molecule has 0 bridgehead atoms. The smallest absolute Gasteiger partial charge is 0.310 e. The van der Waals surface area contributed by atoms with Gasteiger partial charge in [-0.05, 0) is 31.9 Å². The number of hydrogen-bond donors (Lipinski definition) is 0. The Morgan fingerprint density at radius 3 is 2.79 bits per heavy atom. The van der Waals surface area contributed by atoms with Crippen molar-refractivity contribution in [3.63, 3.8) is 0 Å². The highest BCUT2D eigenvalue weighted by Crippen LogP contribution is 2.19. The molecule has 1 heterocycles. The van der Waals surface area contributed by atoms with Crippen molar-refractivity contribution < 1.29 is 9.53 Å².